The molecule has 0 spiro atoms. The monoisotopic (exact) mass is 652 g/mol. The summed E-state index contributed by atoms with van der Waals surface area (Å²) >= 11 is 0. The number of amides is 1. The molecule has 2 aliphatic rings. The van der Waals surface area contributed by atoms with Crippen LogP contribution in [-0.2, 0) is 0 Å². The normalized spacial score (nSPS) is 17.0. The van der Waals surface area contributed by atoms with Crippen LogP contribution < -0.4 is 25.4 Å². The second kappa shape index (κ2) is 15.2. The second-order valence-corrected chi connectivity index (χ2v) is 10.7. The average Bonchev–Trinajstić information content (AvgIpc) is 3.74. The minimum absolute atomic E-state index is 0. The zero-order valence-electron chi connectivity index (χ0n) is 24.1. The van der Waals surface area contributed by atoms with Gasteiger partial charge >= 0.3 is 0 Å². The lowest BCUT2D eigenvalue weighted by atomic mass is 10.00. The van der Waals surface area contributed by atoms with E-state index in [0.717, 1.165) is 55.7 Å². The van der Waals surface area contributed by atoms with Crippen LogP contribution in [0.1, 0.15) is 28.8 Å². The molecule has 4 aromatic rings. The van der Waals surface area contributed by atoms with Crippen LogP contribution in [0.25, 0.3) is 22.3 Å². The van der Waals surface area contributed by atoms with E-state index in [0.29, 0.717) is 46.0 Å². The molecular formula is C34H32Cl2F2N4O3. The highest BCUT2D eigenvalue weighted by molar-refractivity contribution is 6.05. The van der Waals surface area contributed by atoms with E-state index in [1.165, 1.54) is 6.07 Å². The number of nitrogens with one attached hydrogen (secondary N) is 3. The van der Waals surface area contributed by atoms with Crippen molar-refractivity contribution in [2.24, 2.45) is 0 Å². The van der Waals surface area contributed by atoms with Gasteiger partial charge in [0.2, 0.25) is 0 Å². The number of hydrogen-bond acceptors (Lipinski definition) is 6. The maximum Gasteiger partial charge on any atom is 0.255 e. The fraction of sp³-hybridized carbons (Fsp3) is 0.235. The number of hydrogen-bond donors (Lipinski definition) is 3. The summed E-state index contributed by atoms with van der Waals surface area (Å²) in [6.07, 6.45) is 1.65. The molecule has 2 fully saturated rings. The van der Waals surface area contributed by atoms with Gasteiger partial charge in [-0.1, -0.05) is 18.2 Å². The first kappa shape index (κ1) is 33.7. The fourth-order valence-electron chi connectivity index (χ4n) is 5.38. The van der Waals surface area contributed by atoms with Crippen molar-refractivity contribution < 1.29 is 23.0 Å². The van der Waals surface area contributed by atoms with E-state index >= 15 is 0 Å². The molecule has 0 unspecified atom stereocenters. The molecule has 0 saturated carbocycles. The van der Waals surface area contributed by atoms with E-state index in [9.17, 15) is 18.8 Å². The van der Waals surface area contributed by atoms with Crippen molar-refractivity contribution in [3.63, 3.8) is 0 Å². The molecular weight excluding hydrogens is 621 g/mol. The first-order valence-electron chi connectivity index (χ1n) is 14.3. The van der Waals surface area contributed by atoms with E-state index < -0.39 is 11.6 Å². The Hall–Kier alpha value is -4.20. The molecule has 6 rings (SSSR count). The van der Waals surface area contributed by atoms with Crippen LogP contribution in [-0.4, -0.2) is 44.3 Å². The van der Waals surface area contributed by atoms with Gasteiger partial charge in [-0.05, 0) is 97.7 Å². The van der Waals surface area contributed by atoms with Gasteiger partial charge in [0.25, 0.3) is 5.91 Å². The summed E-state index contributed by atoms with van der Waals surface area (Å²) < 4.78 is 40.4. The van der Waals surface area contributed by atoms with Gasteiger partial charge in [0.15, 0.2) is 11.6 Å². The van der Waals surface area contributed by atoms with Crippen molar-refractivity contribution in [3.05, 3.63) is 102 Å². The molecule has 2 aliphatic heterocycles. The number of benzene rings is 4. The van der Waals surface area contributed by atoms with E-state index in [2.05, 4.69) is 22.0 Å². The van der Waals surface area contributed by atoms with E-state index in [1.807, 2.05) is 24.3 Å². The van der Waals surface area contributed by atoms with Crippen LogP contribution in [0, 0.1) is 23.0 Å². The average molecular weight is 654 g/mol. The van der Waals surface area contributed by atoms with Gasteiger partial charge < -0.3 is 25.4 Å². The Morgan fingerprint density at radius 1 is 0.778 bits per heavy atom. The lowest BCUT2D eigenvalue weighted by molar-refractivity contribution is 0.102. The number of nitriles is 1. The number of rotatable bonds is 8. The van der Waals surface area contributed by atoms with Crippen molar-refractivity contribution in [1.82, 2.24) is 10.6 Å². The minimum atomic E-state index is -0.982. The van der Waals surface area contributed by atoms with Crippen LogP contribution >= 0.6 is 24.8 Å². The fourth-order valence-corrected chi connectivity index (χ4v) is 5.38. The number of halogens is 4. The van der Waals surface area contributed by atoms with Crippen molar-refractivity contribution in [2.75, 3.05) is 31.5 Å². The third kappa shape index (κ3) is 7.91. The van der Waals surface area contributed by atoms with Crippen molar-refractivity contribution >= 4 is 36.4 Å². The zero-order valence-corrected chi connectivity index (χ0v) is 25.8. The van der Waals surface area contributed by atoms with E-state index in [-0.39, 0.29) is 42.9 Å². The summed E-state index contributed by atoms with van der Waals surface area (Å²) in [4.78, 5) is 13.5. The topological polar surface area (TPSA) is 95.4 Å². The van der Waals surface area contributed by atoms with Gasteiger partial charge in [-0.3, -0.25) is 4.79 Å². The Labute approximate surface area is 272 Å². The van der Waals surface area contributed by atoms with Crippen molar-refractivity contribution in [3.8, 4) is 39.8 Å². The molecule has 0 aromatic heterocycles. The SMILES string of the molecule is Cl.Cl.N#Cc1cccc(-c2cc(NC(=O)c3ccc(O[C@H]4CCNC4)c(-c4ccc(F)c(F)c4)c3)ccc2O[C@H]2CCNC2)c1. The maximum absolute atomic E-state index is 14.2. The molecule has 45 heavy (non-hydrogen) atoms. The van der Waals surface area contributed by atoms with Gasteiger partial charge in [-0.2, -0.15) is 5.26 Å². The van der Waals surface area contributed by atoms with E-state index in [4.69, 9.17) is 9.47 Å². The number of carbonyl (C=O) groups excluding carboxylic acids is 1. The summed E-state index contributed by atoms with van der Waals surface area (Å²) in [6.45, 7) is 3.13. The molecule has 7 nitrogen and oxygen atoms in total. The predicted octanol–water partition coefficient (Wildman–Crippen LogP) is 6.75. The van der Waals surface area contributed by atoms with Crippen LogP contribution in [0.4, 0.5) is 14.5 Å². The number of anilines is 1. The second-order valence-electron chi connectivity index (χ2n) is 10.7. The van der Waals surface area contributed by atoms with Crippen LogP contribution in [0.3, 0.4) is 0 Å². The lowest BCUT2D eigenvalue weighted by Crippen LogP contribution is -2.20. The van der Waals surface area contributed by atoms with Crippen LogP contribution in [0.15, 0.2) is 78.9 Å². The third-order valence-corrected chi connectivity index (χ3v) is 7.63. The first-order chi connectivity index (χ1) is 21.0. The molecule has 2 atom stereocenters. The molecule has 4 aromatic carbocycles. The van der Waals surface area contributed by atoms with Gasteiger partial charge in [-0.25, -0.2) is 8.78 Å². The highest BCUT2D eigenvalue weighted by Crippen LogP contribution is 2.36. The summed E-state index contributed by atoms with van der Waals surface area (Å²) in [6, 6.07) is 23.4. The molecule has 11 heteroatoms. The Kier molecular flexibility index (Phi) is 11.4. The molecule has 0 radical (unpaired) electrons. The first-order valence-corrected chi connectivity index (χ1v) is 14.3. The number of nitrogens with zero attached hydrogens (tertiary/aromatic N) is 1. The zero-order chi connectivity index (χ0) is 29.8. The molecule has 2 saturated heterocycles. The predicted molar refractivity (Wildman–Crippen MR) is 175 cm³/mol. The Morgan fingerprint density at radius 2 is 1.42 bits per heavy atom. The minimum Gasteiger partial charge on any atom is -0.488 e. The standard InChI is InChI=1S/C34H30F2N4O3.2ClH/c35-30-7-4-23(16-31(30)36)28-15-24(5-8-32(28)42-26-10-12-38-19-26)34(41)40-25-6-9-33(43-27-11-13-39-20-27)29(17-25)22-3-1-2-21(14-22)18-37;;/h1-9,14-17,26-27,38-39H,10-13,19-20H2,(H,40,41);2*1H/t26-,27-;;/m0../s1. The Balaban J connectivity index is 0.00000230. The highest BCUT2D eigenvalue weighted by Gasteiger charge is 2.22. The summed E-state index contributed by atoms with van der Waals surface area (Å²) in [5, 5.41) is 18.9. The molecule has 234 valence electrons. The quantitative estimate of drug-likeness (QED) is 0.195. The van der Waals surface area contributed by atoms with Gasteiger partial charge in [0.05, 0.1) is 11.6 Å². The molecule has 2 heterocycles. The van der Waals surface area contributed by atoms with Crippen molar-refractivity contribution in [2.45, 2.75) is 25.0 Å². The van der Waals surface area contributed by atoms with E-state index in [1.54, 1.807) is 36.4 Å². The van der Waals surface area contributed by atoms with Crippen molar-refractivity contribution in [1.29, 1.82) is 5.26 Å². The maximum atomic E-state index is 14.2. The largest absolute Gasteiger partial charge is 0.488 e. The molecule has 1 amide bonds. The van der Waals surface area contributed by atoms with Gasteiger partial charge in [0.1, 0.15) is 23.7 Å². The highest BCUT2D eigenvalue weighted by atomic mass is 35.5. The molecule has 3 N–H and O–H groups in total. The van der Waals surface area contributed by atoms with Gasteiger partial charge in [-0.15, -0.1) is 24.8 Å². The smallest absolute Gasteiger partial charge is 0.255 e. The lowest BCUT2D eigenvalue weighted by Gasteiger charge is -2.19. The molecule has 0 bridgehead atoms. The van der Waals surface area contributed by atoms with Crippen LogP contribution in [0.2, 0.25) is 0 Å². The van der Waals surface area contributed by atoms with Crippen LogP contribution in [0.5, 0.6) is 11.5 Å². The Morgan fingerprint density at radius 3 is 2.04 bits per heavy atom. The number of carbonyl (C=O) groups is 1. The van der Waals surface area contributed by atoms with Gasteiger partial charge in [0, 0.05) is 35.5 Å². The summed E-state index contributed by atoms with van der Waals surface area (Å²) in [5.74, 6) is -1.18. The Bertz CT molecular complexity index is 1700. The number of ether oxygens (including phenoxy) is 2. The third-order valence-electron chi connectivity index (χ3n) is 7.63. The summed E-state index contributed by atoms with van der Waals surface area (Å²) in [5.41, 5.74) is 3.80. The summed E-state index contributed by atoms with van der Waals surface area (Å²) in [7, 11) is 0. The molecule has 0 aliphatic carbocycles.